The van der Waals surface area contributed by atoms with Gasteiger partial charge in [0.15, 0.2) is 0 Å². The maximum absolute atomic E-state index is 7.03. The van der Waals surface area contributed by atoms with E-state index >= 15 is 0 Å². The number of rotatable bonds is 5. The maximum Gasteiger partial charge on any atom is 0.0529 e. The van der Waals surface area contributed by atoms with Gasteiger partial charge in [0.1, 0.15) is 0 Å². The van der Waals surface area contributed by atoms with Crippen LogP contribution in [0.4, 0.5) is 5.69 Å². The monoisotopic (exact) mass is 485 g/mol. The summed E-state index contributed by atoms with van der Waals surface area (Å²) < 4.78 is 0. The van der Waals surface area contributed by atoms with Crippen LogP contribution in [0.1, 0.15) is 100.0 Å². The van der Waals surface area contributed by atoms with Crippen molar-refractivity contribution in [2.24, 2.45) is 0 Å². The Hall–Kier alpha value is -2.25. The summed E-state index contributed by atoms with van der Waals surface area (Å²) in [5.41, 5.74) is 8.78. The topological polar surface area (TPSA) is 3.24 Å². The Labute approximate surface area is 217 Å². The van der Waals surface area contributed by atoms with Gasteiger partial charge >= 0.3 is 0 Å². The molecule has 0 aromatic heterocycles. The Morgan fingerprint density at radius 1 is 0.829 bits per heavy atom. The van der Waals surface area contributed by atoms with Crippen LogP contribution in [0.2, 0.25) is 0 Å². The number of halogens is 1. The molecule has 3 unspecified atom stereocenters. The normalized spacial score (nSPS) is 25.1. The quantitative estimate of drug-likeness (QED) is 0.326. The summed E-state index contributed by atoms with van der Waals surface area (Å²) >= 11 is 7.03. The summed E-state index contributed by atoms with van der Waals surface area (Å²) in [7, 11) is 0. The molecular weight excluding hydrogens is 446 g/mol. The first-order valence-electron chi connectivity index (χ1n) is 13.3. The highest BCUT2D eigenvalue weighted by Gasteiger charge is 2.60. The van der Waals surface area contributed by atoms with Gasteiger partial charge in [-0.15, -0.1) is 11.6 Å². The molecule has 1 aliphatic carbocycles. The van der Waals surface area contributed by atoms with Crippen molar-refractivity contribution in [1.82, 2.24) is 0 Å². The molecule has 3 atom stereocenters. The zero-order valence-electron chi connectivity index (χ0n) is 22.2. The van der Waals surface area contributed by atoms with Crippen molar-refractivity contribution in [3.8, 4) is 0 Å². The van der Waals surface area contributed by atoms with Crippen LogP contribution in [0.25, 0.3) is 0 Å². The van der Waals surface area contributed by atoms with Crippen molar-refractivity contribution in [2.45, 2.75) is 89.1 Å². The second-order valence-electron chi connectivity index (χ2n) is 12.0. The molecule has 3 aromatic rings. The minimum absolute atomic E-state index is 0.00706. The number of benzene rings is 3. The lowest BCUT2D eigenvalue weighted by atomic mass is 9.72. The molecule has 3 aromatic carbocycles. The molecule has 35 heavy (non-hydrogen) atoms. The van der Waals surface area contributed by atoms with E-state index in [4.69, 9.17) is 11.6 Å². The summed E-state index contributed by atoms with van der Waals surface area (Å²) in [6.07, 6.45) is 2.23. The van der Waals surface area contributed by atoms with Gasteiger partial charge < -0.3 is 4.90 Å². The van der Waals surface area contributed by atoms with Crippen LogP contribution < -0.4 is 4.90 Å². The Bertz CT molecular complexity index is 1170. The number of alkyl halides is 1. The van der Waals surface area contributed by atoms with E-state index in [1.165, 1.54) is 33.5 Å². The highest BCUT2D eigenvalue weighted by molar-refractivity contribution is 6.18. The van der Waals surface area contributed by atoms with Crippen LogP contribution in [0.15, 0.2) is 72.8 Å². The van der Waals surface area contributed by atoms with E-state index in [-0.39, 0.29) is 17.0 Å². The highest BCUT2D eigenvalue weighted by atomic mass is 35.5. The first kappa shape index (κ1) is 24.4. The van der Waals surface area contributed by atoms with Crippen LogP contribution >= 0.6 is 11.6 Å². The van der Waals surface area contributed by atoms with E-state index in [1.807, 2.05) is 0 Å². The van der Waals surface area contributed by atoms with E-state index in [9.17, 15) is 0 Å². The van der Waals surface area contributed by atoms with Crippen molar-refractivity contribution in [1.29, 1.82) is 0 Å². The number of hydrogen-bond donors (Lipinski definition) is 0. The van der Waals surface area contributed by atoms with Crippen molar-refractivity contribution in [2.75, 3.05) is 10.8 Å². The third-order valence-corrected chi connectivity index (χ3v) is 9.01. The van der Waals surface area contributed by atoms with Crippen molar-refractivity contribution in [3.63, 3.8) is 0 Å². The largest absolute Gasteiger partial charge is 0.361 e. The lowest BCUT2D eigenvalue weighted by Crippen LogP contribution is -2.48. The van der Waals surface area contributed by atoms with Crippen LogP contribution in [-0.4, -0.2) is 17.5 Å². The lowest BCUT2D eigenvalue weighted by molar-refractivity contribution is 0.373. The Morgan fingerprint density at radius 3 is 2.03 bits per heavy atom. The van der Waals surface area contributed by atoms with E-state index in [0.29, 0.717) is 23.6 Å². The Kier molecular flexibility index (Phi) is 6.29. The molecular formula is C33H40ClN. The van der Waals surface area contributed by atoms with Gasteiger partial charge in [0.2, 0.25) is 0 Å². The first-order chi connectivity index (χ1) is 16.7. The molecule has 1 heterocycles. The number of hydrogen-bond acceptors (Lipinski definition) is 1. The SMILES string of the molecule is CC(C)c1cccc(C(C)C)c1N1C(CCl)C2(CC(c3ccccc3)c3ccccc32)CC1(C)C. The second kappa shape index (κ2) is 9.00. The van der Waals surface area contributed by atoms with Crippen molar-refractivity contribution in [3.05, 3.63) is 101 Å². The summed E-state index contributed by atoms with van der Waals surface area (Å²) in [4.78, 5) is 2.76. The van der Waals surface area contributed by atoms with Crippen LogP contribution in [0.3, 0.4) is 0 Å². The molecule has 0 amide bonds. The summed E-state index contributed by atoms with van der Waals surface area (Å²) in [5, 5.41) is 0. The van der Waals surface area contributed by atoms with Crippen LogP contribution in [0.5, 0.6) is 0 Å². The van der Waals surface area contributed by atoms with Gasteiger partial charge in [0.05, 0.1) is 6.04 Å². The second-order valence-corrected chi connectivity index (χ2v) is 12.3. The molecule has 184 valence electrons. The van der Waals surface area contributed by atoms with Crippen molar-refractivity contribution < 1.29 is 0 Å². The predicted molar refractivity (Wildman–Crippen MR) is 151 cm³/mol. The van der Waals surface area contributed by atoms with E-state index in [2.05, 4.69) is 119 Å². The van der Waals surface area contributed by atoms with Gasteiger partial charge in [-0.05, 0) is 66.3 Å². The van der Waals surface area contributed by atoms with E-state index in [1.54, 1.807) is 0 Å². The molecule has 0 bridgehead atoms. The third kappa shape index (κ3) is 3.82. The maximum atomic E-state index is 7.03. The molecule has 1 nitrogen and oxygen atoms in total. The Balaban J connectivity index is 1.72. The fraction of sp³-hybridized carbons (Fsp3) is 0.455. The van der Waals surface area contributed by atoms with Gasteiger partial charge in [-0.1, -0.05) is 100 Å². The zero-order chi connectivity index (χ0) is 25.0. The average molecular weight is 486 g/mol. The number of para-hydroxylation sites is 1. The zero-order valence-corrected chi connectivity index (χ0v) is 22.9. The fourth-order valence-electron chi connectivity index (χ4n) is 7.41. The number of anilines is 1. The smallest absolute Gasteiger partial charge is 0.0529 e. The minimum Gasteiger partial charge on any atom is -0.361 e. The first-order valence-corrected chi connectivity index (χ1v) is 13.9. The van der Waals surface area contributed by atoms with Crippen molar-refractivity contribution >= 4 is 17.3 Å². The highest BCUT2D eigenvalue weighted by Crippen LogP contribution is 2.61. The number of nitrogens with zero attached hydrogens (tertiary/aromatic N) is 1. The van der Waals surface area contributed by atoms with Gasteiger partial charge in [-0.25, -0.2) is 0 Å². The fourth-order valence-corrected chi connectivity index (χ4v) is 7.85. The van der Waals surface area contributed by atoms with Gasteiger partial charge in [0, 0.05) is 28.4 Å². The summed E-state index contributed by atoms with van der Waals surface area (Å²) in [6, 6.07) is 27.5. The van der Waals surface area contributed by atoms with Gasteiger partial charge in [-0.2, -0.15) is 0 Å². The molecule has 1 saturated heterocycles. The molecule has 1 spiro atoms. The number of fused-ring (bicyclic) bond motifs is 2. The molecule has 0 saturated carbocycles. The lowest BCUT2D eigenvalue weighted by Gasteiger charge is -2.42. The molecule has 1 aliphatic heterocycles. The molecule has 2 heteroatoms. The standard InChI is InChI=1S/C33H40ClN/c1-22(2)25-16-12-17-26(23(3)4)31(25)35-30(20-34)33(21-32(35,5)6)19-28(24-13-8-7-9-14-24)27-15-10-11-18-29(27)33/h7-18,22-23,28,30H,19-21H2,1-6H3. The molecule has 5 rings (SSSR count). The Morgan fingerprint density at radius 2 is 1.43 bits per heavy atom. The average Bonchev–Trinajstić information content (AvgIpc) is 3.28. The summed E-state index contributed by atoms with van der Waals surface area (Å²) in [5.74, 6) is 1.96. The van der Waals surface area contributed by atoms with Crippen LogP contribution in [-0.2, 0) is 5.41 Å². The summed E-state index contributed by atoms with van der Waals surface area (Å²) in [6.45, 7) is 14.2. The van der Waals surface area contributed by atoms with Crippen LogP contribution in [0, 0.1) is 0 Å². The van der Waals surface area contributed by atoms with Gasteiger partial charge in [0.25, 0.3) is 0 Å². The molecule has 2 aliphatic rings. The molecule has 1 fully saturated rings. The molecule has 0 radical (unpaired) electrons. The van der Waals surface area contributed by atoms with E-state index < -0.39 is 0 Å². The minimum atomic E-state index is -0.00706. The predicted octanol–water partition coefficient (Wildman–Crippen LogP) is 9.00. The third-order valence-electron chi connectivity index (χ3n) is 8.72. The van der Waals surface area contributed by atoms with Gasteiger partial charge in [-0.3, -0.25) is 0 Å². The van der Waals surface area contributed by atoms with E-state index in [0.717, 1.165) is 12.8 Å². The molecule has 0 N–H and O–H groups in total.